The summed E-state index contributed by atoms with van der Waals surface area (Å²) >= 11 is 0. The fraction of sp³-hybridized carbons (Fsp3) is 0.429. The van der Waals surface area contributed by atoms with Gasteiger partial charge in [0.15, 0.2) is 0 Å². The summed E-state index contributed by atoms with van der Waals surface area (Å²) in [5, 5.41) is 7.15. The van der Waals surface area contributed by atoms with Gasteiger partial charge in [-0.3, -0.25) is 4.79 Å². The van der Waals surface area contributed by atoms with Gasteiger partial charge in [-0.1, -0.05) is 12.1 Å². The third-order valence-corrected chi connectivity index (χ3v) is 4.96. The SMILES string of the molecule is COc1ccccc1NCC(=O)N/N=C\c1cc(C)n(C[C@H]2CCCO2)c1C. The van der Waals surface area contributed by atoms with Gasteiger partial charge in [-0.2, -0.15) is 5.10 Å². The number of nitrogens with zero attached hydrogens (tertiary/aromatic N) is 2. The van der Waals surface area contributed by atoms with Crippen molar-refractivity contribution in [3.8, 4) is 5.75 Å². The molecule has 28 heavy (non-hydrogen) atoms. The van der Waals surface area contributed by atoms with Crippen molar-refractivity contribution in [3.63, 3.8) is 0 Å². The number of nitrogens with one attached hydrogen (secondary N) is 2. The quantitative estimate of drug-likeness (QED) is 0.542. The maximum absolute atomic E-state index is 12.0. The molecule has 7 heteroatoms. The Balaban J connectivity index is 1.53. The molecule has 7 nitrogen and oxygen atoms in total. The molecular formula is C21H28N4O3. The highest BCUT2D eigenvalue weighted by Crippen LogP contribution is 2.22. The normalized spacial score (nSPS) is 16.5. The molecule has 1 aromatic carbocycles. The van der Waals surface area contributed by atoms with Crippen molar-refractivity contribution in [2.75, 3.05) is 25.6 Å². The fourth-order valence-corrected chi connectivity index (χ4v) is 3.41. The average Bonchev–Trinajstić information content (AvgIpc) is 3.31. The lowest BCUT2D eigenvalue weighted by Crippen LogP contribution is -2.26. The van der Waals surface area contributed by atoms with Gasteiger partial charge in [-0.05, 0) is 44.9 Å². The molecule has 1 aliphatic heterocycles. The smallest absolute Gasteiger partial charge is 0.259 e. The monoisotopic (exact) mass is 384 g/mol. The molecule has 0 unspecified atom stereocenters. The molecule has 3 rings (SSSR count). The lowest BCUT2D eigenvalue weighted by atomic mass is 10.2. The second kappa shape index (κ2) is 9.41. The highest BCUT2D eigenvalue weighted by atomic mass is 16.5. The third kappa shape index (κ3) is 4.92. The summed E-state index contributed by atoms with van der Waals surface area (Å²) in [6, 6.07) is 9.53. The number of carbonyl (C=O) groups excluding carboxylic acids is 1. The summed E-state index contributed by atoms with van der Waals surface area (Å²) in [5.41, 5.74) is 6.61. The maximum Gasteiger partial charge on any atom is 0.259 e. The summed E-state index contributed by atoms with van der Waals surface area (Å²) in [5.74, 6) is 0.466. The van der Waals surface area contributed by atoms with Gasteiger partial charge in [0.2, 0.25) is 0 Å². The molecule has 1 amide bonds. The molecule has 150 valence electrons. The van der Waals surface area contributed by atoms with Crippen molar-refractivity contribution in [3.05, 3.63) is 47.3 Å². The largest absolute Gasteiger partial charge is 0.495 e. The summed E-state index contributed by atoms with van der Waals surface area (Å²) in [7, 11) is 1.60. The number of aryl methyl sites for hydroxylation is 1. The second-order valence-electron chi connectivity index (χ2n) is 6.92. The molecular weight excluding hydrogens is 356 g/mol. The minimum Gasteiger partial charge on any atom is -0.495 e. The summed E-state index contributed by atoms with van der Waals surface area (Å²) in [6.45, 7) is 5.97. The van der Waals surface area contributed by atoms with Crippen LogP contribution in [0.4, 0.5) is 5.69 Å². The van der Waals surface area contributed by atoms with Gasteiger partial charge in [-0.25, -0.2) is 5.43 Å². The second-order valence-corrected chi connectivity index (χ2v) is 6.92. The standard InChI is InChI=1S/C21H28N4O3/c1-15-11-17(16(2)25(15)14-18-7-6-10-28-18)12-23-24-21(26)13-22-19-8-4-5-9-20(19)27-3/h4-5,8-9,11-12,18,22H,6-7,10,13-14H2,1-3H3,(H,24,26)/b23-12-/t18-/m1/s1. The highest BCUT2D eigenvalue weighted by molar-refractivity contribution is 5.85. The molecule has 0 saturated carbocycles. The van der Waals surface area contributed by atoms with Crippen molar-refractivity contribution < 1.29 is 14.3 Å². The van der Waals surface area contributed by atoms with E-state index in [9.17, 15) is 4.79 Å². The van der Waals surface area contributed by atoms with Crippen molar-refractivity contribution in [2.45, 2.75) is 39.3 Å². The summed E-state index contributed by atoms with van der Waals surface area (Å²) < 4.78 is 13.2. The zero-order valence-corrected chi connectivity index (χ0v) is 16.7. The lowest BCUT2D eigenvalue weighted by molar-refractivity contribution is -0.119. The molecule has 2 aromatic rings. The Morgan fingerprint density at radius 1 is 1.39 bits per heavy atom. The van der Waals surface area contributed by atoms with E-state index in [0.717, 1.165) is 42.9 Å². The first-order valence-corrected chi connectivity index (χ1v) is 9.55. The molecule has 1 fully saturated rings. The van der Waals surface area contributed by atoms with E-state index in [1.807, 2.05) is 24.3 Å². The van der Waals surface area contributed by atoms with E-state index in [-0.39, 0.29) is 18.6 Å². The Morgan fingerprint density at radius 3 is 2.96 bits per heavy atom. The van der Waals surface area contributed by atoms with Gasteiger partial charge in [0.25, 0.3) is 5.91 Å². The minimum absolute atomic E-state index is 0.107. The predicted molar refractivity (Wildman–Crippen MR) is 110 cm³/mol. The van der Waals surface area contributed by atoms with Crippen LogP contribution in [-0.2, 0) is 16.1 Å². The third-order valence-electron chi connectivity index (χ3n) is 4.96. The van der Waals surface area contributed by atoms with Gasteiger partial charge in [0.05, 0.1) is 31.7 Å². The minimum atomic E-state index is -0.227. The molecule has 1 atom stereocenters. The number of rotatable bonds is 8. The molecule has 2 heterocycles. The van der Waals surface area contributed by atoms with Crippen molar-refractivity contribution in [1.29, 1.82) is 0 Å². The Morgan fingerprint density at radius 2 is 2.21 bits per heavy atom. The van der Waals surface area contributed by atoms with Crippen LogP contribution in [0.15, 0.2) is 35.4 Å². The van der Waals surface area contributed by atoms with E-state index in [1.54, 1.807) is 13.3 Å². The Bertz CT molecular complexity index is 838. The molecule has 1 aliphatic rings. The van der Waals surface area contributed by atoms with Gasteiger partial charge in [0, 0.05) is 30.1 Å². The highest BCUT2D eigenvalue weighted by Gasteiger charge is 2.18. The maximum atomic E-state index is 12.0. The molecule has 1 saturated heterocycles. The van der Waals surface area contributed by atoms with E-state index in [1.165, 1.54) is 5.69 Å². The molecule has 0 spiro atoms. The zero-order valence-electron chi connectivity index (χ0n) is 16.7. The number of hydrogen-bond acceptors (Lipinski definition) is 5. The lowest BCUT2D eigenvalue weighted by Gasteiger charge is -2.14. The number of ether oxygens (including phenoxy) is 2. The number of hydrogen-bond donors (Lipinski definition) is 2. The Labute approximate surface area is 165 Å². The van der Waals surface area contributed by atoms with E-state index >= 15 is 0 Å². The average molecular weight is 384 g/mol. The zero-order chi connectivity index (χ0) is 19.9. The number of methoxy groups -OCH3 is 1. The van der Waals surface area contributed by atoms with Gasteiger partial charge in [-0.15, -0.1) is 0 Å². The number of anilines is 1. The molecule has 0 bridgehead atoms. The summed E-state index contributed by atoms with van der Waals surface area (Å²) in [4.78, 5) is 12.0. The van der Waals surface area contributed by atoms with Crippen LogP contribution < -0.4 is 15.5 Å². The van der Waals surface area contributed by atoms with Crippen LogP contribution in [0.25, 0.3) is 0 Å². The van der Waals surface area contributed by atoms with Gasteiger partial charge < -0.3 is 19.4 Å². The van der Waals surface area contributed by atoms with Crippen molar-refractivity contribution in [2.24, 2.45) is 5.10 Å². The summed E-state index contributed by atoms with van der Waals surface area (Å²) in [6.07, 6.45) is 4.22. The van der Waals surface area contributed by atoms with Crippen LogP contribution in [0.3, 0.4) is 0 Å². The Hall–Kier alpha value is -2.80. The van der Waals surface area contributed by atoms with Crippen LogP contribution in [0.5, 0.6) is 5.75 Å². The first kappa shape index (κ1) is 19.9. The van der Waals surface area contributed by atoms with Crippen LogP contribution in [-0.4, -0.2) is 43.1 Å². The van der Waals surface area contributed by atoms with Crippen molar-refractivity contribution >= 4 is 17.8 Å². The van der Waals surface area contributed by atoms with Crippen LogP contribution in [0, 0.1) is 13.8 Å². The van der Waals surface area contributed by atoms with E-state index in [4.69, 9.17) is 9.47 Å². The fourth-order valence-electron chi connectivity index (χ4n) is 3.41. The number of para-hydroxylation sites is 2. The van der Waals surface area contributed by atoms with E-state index in [2.05, 4.69) is 40.3 Å². The molecule has 1 aromatic heterocycles. The van der Waals surface area contributed by atoms with Crippen LogP contribution >= 0.6 is 0 Å². The van der Waals surface area contributed by atoms with Crippen LogP contribution in [0.1, 0.15) is 29.8 Å². The van der Waals surface area contributed by atoms with E-state index < -0.39 is 0 Å². The number of aromatic nitrogens is 1. The van der Waals surface area contributed by atoms with Gasteiger partial charge >= 0.3 is 0 Å². The molecule has 0 aliphatic carbocycles. The number of hydrazone groups is 1. The van der Waals surface area contributed by atoms with Crippen molar-refractivity contribution in [1.82, 2.24) is 9.99 Å². The first-order chi connectivity index (χ1) is 13.6. The number of carbonyl (C=O) groups is 1. The van der Waals surface area contributed by atoms with Gasteiger partial charge in [0.1, 0.15) is 5.75 Å². The van der Waals surface area contributed by atoms with E-state index in [0.29, 0.717) is 5.75 Å². The Kier molecular flexibility index (Phi) is 6.71. The number of benzene rings is 1. The molecule has 0 radical (unpaired) electrons. The number of amides is 1. The predicted octanol–water partition coefficient (Wildman–Crippen LogP) is 2.85. The van der Waals surface area contributed by atoms with Crippen LogP contribution in [0.2, 0.25) is 0 Å². The first-order valence-electron chi connectivity index (χ1n) is 9.55. The topological polar surface area (TPSA) is 76.9 Å². The molecule has 2 N–H and O–H groups in total.